The highest BCUT2D eigenvalue weighted by atomic mass is 16.5. The van der Waals surface area contributed by atoms with Crippen LogP contribution in [-0.2, 0) is 28.9 Å². The van der Waals surface area contributed by atoms with Crippen LogP contribution in [0.3, 0.4) is 0 Å². The average Bonchev–Trinajstić information content (AvgIpc) is 2.73. The minimum atomic E-state index is -0.291. The van der Waals surface area contributed by atoms with Gasteiger partial charge >= 0.3 is 0 Å². The second-order valence-electron chi connectivity index (χ2n) is 4.07. The van der Waals surface area contributed by atoms with Gasteiger partial charge in [0.1, 0.15) is 6.10 Å². The number of hydrogen-bond acceptors (Lipinski definition) is 3. The van der Waals surface area contributed by atoms with Gasteiger partial charge in [0.05, 0.1) is 12.1 Å². The summed E-state index contributed by atoms with van der Waals surface area (Å²) in [4.78, 5) is 12.0. The highest BCUT2D eigenvalue weighted by Gasteiger charge is 2.18. The van der Waals surface area contributed by atoms with Crippen molar-refractivity contribution in [3.05, 3.63) is 17.5 Å². The lowest BCUT2D eigenvalue weighted by Crippen LogP contribution is -2.24. The number of carbonyl (C=O) groups is 1. The molecule has 0 radical (unpaired) electrons. The van der Waals surface area contributed by atoms with Crippen molar-refractivity contribution in [3.63, 3.8) is 0 Å². The molecule has 96 valence electrons. The standard InChI is InChI=1S/C13H22N2O2/c1-5-10-8-11(15(7-3)14-10)9-12(16)13(6-2)17-4/h8,13H,5-7,9H2,1-4H3. The summed E-state index contributed by atoms with van der Waals surface area (Å²) in [7, 11) is 1.58. The van der Waals surface area contributed by atoms with Gasteiger partial charge in [-0.2, -0.15) is 5.10 Å². The third-order valence-electron chi connectivity index (χ3n) is 2.95. The first-order chi connectivity index (χ1) is 8.15. The van der Waals surface area contributed by atoms with Gasteiger partial charge in [-0.15, -0.1) is 0 Å². The molecule has 0 fully saturated rings. The van der Waals surface area contributed by atoms with E-state index in [4.69, 9.17) is 4.74 Å². The lowest BCUT2D eigenvalue weighted by molar-refractivity contribution is -0.128. The Hall–Kier alpha value is -1.16. The number of rotatable bonds is 7. The van der Waals surface area contributed by atoms with Gasteiger partial charge in [-0.3, -0.25) is 9.48 Å². The molecule has 0 aliphatic heterocycles. The zero-order valence-electron chi connectivity index (χ0n) is 11.2. The molecule has 1 aromatic heterocycles. The molecule has 0 aromatic carbocycles. The summed E-state index contributed by atoms with van der Waals surface area (Å²) in [5, 5.41) is 4.43. The van der Waals surface area contributed by atoms with Gasteiger partial charge in [0.25, 0.3) is 0 Å². The molecule has 1 heterocycles. The van der Waals surface area contributed by atoms with E-state index in [0.717, 1.165) is 30.8 Å². The third-order valence-corrected chi connectivity index (χ3v) is 2.95. The van der Waals surface area contributed by atoms with Gasteiger partial charge in [0.2, 0.25) is 0 Å². The SMILES string of the molecule is CCc1cc(CC(=O)C(CC)OC)n(CC)n1. The Bertz CT molecular complexity index is 367. The molecule has 0 saturated heterocycles. The van der Waals surface area contributed by atoms with E-state index in [1.807, 2.05) is 24.6 Å². The van der Waals surface area contributed by atoms with E-state index in [-0.39, 0.29) is 11.9 Å². The number of ketones is 1. The van der Waals surface area contributed by atoms with Crippen LogP contribution < -0.4 is 0 Å². The van der Waals surface area contributed by atoms with Crippen molar-refractivity contribution in [2.75, 3.05) is 7.11 Å². The molecule has 4 nitrogen and oxygen atoms in total. The van der Waals surface area contributed by atoms with Crippen molar-refractivity contribution in [1.82, 2.24) is 9.78 Å². The first kappa shape index (κ1) is 13.9. The quantitative estimate of drug-likeness (QED) is 0.729. The van der Waals surface area contributed by atoms with Crippen LogP contribution in [0.2, 0.25) is 0 Å². The number of Topliss-reactive ketones (excluding diaryl/α,β-unsaturated/α-hetero) is 1. The summed E-state index contributed by atoms with van der Waals surface area (Å²) < 4.78 is 7.06. The molecule has 4 heteroatoms. The molecule has 0 saturated carbocycles. The summed E-state index contributed by atoms with van der Waals surface area (Å²) in [6.45, 7) is 6.86. The van der Waals surface area contributed by atoms with Gasteiger partial charge in [-0.25, -0.2) is 0 Å². The van der Waals surface area contributed by atoms with Crippen molar-refractivity contribution in [1.29, 1.82) is 0 Å². The smallest absolute Gasteiger partial charge is 0.167 e. The fraction of sp³-hybridized carbons (Fsp3) is 0.692. The van der Waals surface area contributed by atoms with Crippen LogP contribution in [0.25, 0.3) is 0 Å². The summed E-state index contributed by atoms with van der Waals surface area (Å²) in [5.41, 5.74) is 2.03. The first-order valence-corrected chi connectivity index (χ1v) is 6.27. The number of nitrogens with zero attached hydrogens (tertiary/aromatic N) is 2. The van der Waals surface area contributed by atoms with E-state index >= 15 is 0 Å². The summed E-state index contributed by atoms with van der Waals surface area (Å²) in [6, 6.07) is 2.02. The Morgan fingerprint density at radius 3 is 2.65 bits per heavy atom. The molecule has 17 heavy (non-hydrogen) atoms. The van der Waals surface area contributed by atoms with Crippen molar-refractivity contribution >= 4 is 5.78 Å². The molecule has 0 aliphatic carbocycles. The minimum absolute atomic E-state index is 0.132. The lowest BCUT2D eigenvalue weighted by Gasteiger charge is -2.11. The maximum atomic E-state index is 12.0. The second kappa shape index (κ2) is 6.55. The Morgan fingerprint density at radius 2 is 2.18 bits per heavy atom. The van der Waals surface area contributed by atoms with Gasteiger partial charge in [0.15, 0.2) is 5.78 Å². The molecule has 1 aromatic rings. The Kier molecular flexibility index (Phi) is 5.35. The zero-order valence-corrected chi connectivity index (χ0v) is 11.2. The topological polar surface area (TPSA) is 44.1 Å². The maximum Gasteiger partial charge on any atom is 0.167 e. The number of aromatic nitrogens is 2. The van der Waals surface area contributed by atoms with E-state index in [9.17, 15) is 4.79 Å². The van der Waals surface area contributed by atoms with Crippen molar-refractivity contribution in [2.45, 2.75) is 52.7 Å². The molecule has 0 aliphatic rings. The number of ether oxygens (including phenoxy) is 1. The molecular weight excluding hydrogens is 216 g/mol. The largest absolute Gasteiger partial charge is 0.374 e. The predicted octanol–water partition coefficient (Wildman–Crippen LogP) is 2.00. The van der Waals surface area contributed by atoms with Crippen LogP contribution in [0, 0.1) is 0 Å². The molecule has 1 rings (SSSR count). The highest BCUT2D eigenvalue weighted by Crippen LogP contribution is 2.10. The number of carbonyl (C=O) groups excluding carboxylic acids is 1. The van der Waals surface area contributed by atoms with Gasteiger partial charge in [0, 0.05) is 19.3 Å². The number of hydrogen-bond donors (Lipinski definition) is 0. The van der Waals surface area contributed by atoms with E-state index < -0.39 is 0 Å². The van der Waals surface area contributed by atoms with Crippen molar-refractivity contribution in [2.24, 2.45) is 0 Å². The molecule has 1 atom stereocenters. The molecule has 0 bridgehead atoms. The van der Waals surface area contributed by atoms with Crippen LogP contribution in [0.4, 0.5) is 0 Å². The summed E-state index contributed by atoms with van der Waals surface area (Å²) in [5.74, 6) is 0.132. The van der Waals surface area contributed by atoms with E-state index in [0.29, 0.717) is 6.42 Å². The highest BCUT2D eigenvalue weighted by molar-refractivity contribution is 5.84. The molecular formula is C13H22N2O2. The van der Waals surface area contributed by atoms with Gasteiger partial charge in [-0.05, 0) is 25.8 Å². The summed E-state index contributed by atoms with van der Waals surface area (Å²) >= 11 is 0. The van der Waals surface area contributed by atoms with Crippen LogP contribution in [0.1, 0.15) is 38.6 Å². The minimum Gasteiger partial charge on any atom is -0.374 e. The van der Waals surface area contributed by atoms with Gasteiger partial charge in [-0.1, -0.05) is 13.8 Å². The lowest BCUT2D eigenvalue weighted by atomic mass is 10.1. The molecule has 0 N–H and O–H groups in total. The Morgan fingerprint density at radius 1 is 1.47 bits per heavy atom. The molecule has 0 amide bonds. The summed E-state index contributed by atoms with van der Waals surface area (Å²) in [6.07, 6.45) is 1.74. The van der Waals surface area contributed by atoms with Crippen LogP contribution in [0.15, 0.2) is 6.07 Å². The van der Waals surface area contributed by atoms with Gasteiger partial charge < -0.3 is 4.74 Å². The first-order valence-electron chi connectivity index (χ1n) is 6.27. The monoisotopic (exact) mass is 238 g/mol. The molecule has 0 spiro atoms. The fourth-order valence-electron chi connectivity index (χ4n) is 1.92. The van der Waals surface area contributed by atoms with E-state index in [1.54, 1.807) is 7.11 Å². The predicted molar refractivity (Wildman–Crippen MR) is 67.1 cm³/mol. The van der Waals surface area contributed by atoms with Crippen molar-refractivity contribution < 1.29 is 9.53 Å². The van der Waals surface area contributed by atoms with Crippen LogP contribution >= 0.6 is 0 Å². The van der Waals surface area contributed by atoms with E-state index in [2.05, 4.69) is 12.0 Å². The number of methoxy groups -OCH3 is 1. The van der Waals surface area contributed by atoms with E-state index in [1.165, 1.54) is 0 Å². The molecule has 1 unspecified atom stereocenters. The normalized spacial score (nSPS) is 12.7. The maximum absolute atomic E-state index is 12.0. The fourth-order valence-corrected chi connectivity index (χ4v) is 1.92. The third kappa shape index (κ3) is 3.40. The second-order valence-corrected chi connectivity index (χ2v) is 4.07. The van der Waals surface area contributed by atoms with Crippen LogP contribution in [0.5, 0.6) is 0 Å². The average molecular weight is 238 g/mol. The zero-order chi connectivity index (χ0) is 12.8. The Labute approximate surface area is 103 Å². The Balaban J connectivity index is 2.79. The van der Waals surface area contributed by atoms with Crippen LogP contribution in [-0.4, -0.2) is 28.8 Å². The van der Waals surface area contributed by atoms with Crippen molar-refractivity contribution in [3.8, 4) is 0 Å². The number of aryl methyl sites for hydroxylation is 2.